The molecule has 112 valence electrons. The Bertz CT molecular complexity index is 635. The SMILES string of the molecule is Cl.NC(N)(Nc1cc([N+](=O)[O-])ccc1O)c1ccccc1. The predicted octanol–water partition coefficient (Wildman–Crippen LogP) is 1.86. The van der Waals surface area contributed by atoms with Gasteiger partial charge in [0.1, 0.15) is 5.75 Å². The lowest BCUT2D eigenvalue weighted by Crippen LogP contribution is -2.53. The molecule has 7 nitrogen and oxygen atoms in total. The third-order valence-electron chi connectivity index (χ3n) is 2.78. The summed E-state index contributed by atoms with van der Waals surface area (Å²) in [5, 5.41) is 23.2. The molecule has 0 saturated heterocycles. The number of benzene rings is 2. The van der Waals surface area contributed by atoms with Gasteiger partial charge < -0.3 is 10.4 Å². The minimum atomic E-state index is -1.46. The van der Waals surface area contributed by atoms with Crippen LogP contribution in [-0.2, 0) is 5.79 Å². The van der Waals surface area contributed by atoms with Gasteiger partial charge in [-0.25, -0.2) is 0 Å². The Balaban J connectivity index is 0.00000220. The zero-order valence-corrected chi connectivity index (χ0v) is 11.7. The van der Waals surface area contributed by atoms with Crippen LogP contribution in [-0.4, -0.2) is 10.0 Å². The van der Waals surface area contributed by atoms with Crippen LogP contribution >= 0.6 is 12.4 Å². The average Bonchev–Trinajstić information content (AvgIpc) is 2.42. The maximum absolute atomic E-state index is 10.7. The second-order valence-corrected chi connectivity index (χ2v) is 4.32. The topological polar surface area (TPSA) is 127 Å². The molecule has 2 aromatic carbocycles. The monoisotopic (exact) mass is 310 g/mol. The van der Waals surface area contributed by atoms with E-state index in [2.05, 4.69) is 5.32 Å². The molecular weight excluding hydrogens is 296 g/mol. The first kappa shape index (κ1) is 16.7. The van der Waals surface area contributed by atoms with Crippen molar-refractivity contribution >= 4 is 23.8 Å². The summed E-state index contributed by atoms with van der Waals surface area (Å²) >= 11 is 0. The van der Waals surface area contributed by atoms with Crippen molar-refractivity contribution in [1.82, 2.24) is 0 Å². The Morgan fingerprint density at radius 1 is 1.14 bits per heavy atom. The molecular formula is C13H15ClN4O3. The molecule has 0 aliphatic heterocycles. The third-order valence-corrected chi connectivity index (χ3v) is 2.78. The van der Waals surface area contributed by atoms with E-state index in [1.165, 1.54) is 18.2 Å². The number of nitrogens with one attached hydrogen (secondary N) is 1. The van der Waals surface area contributed by atoms with Crippen molar-refractivity contribution in [2.24, 2.45) is 11.5 Å². The summed E-state index contributed by atoms with van der Waals surface area (Å²) < 4.78 is 0. The van der Waals surface area contributed by atoms with E-state index in [1.807, 2.05) is 6.07 Å². The van der Waals surface area contributed by atoms with Crippen molar-refractivity contribution < 1.29 is 10.0 Å². The molecule has 0 bridgehead atoms. The summed E-state index contributed by atoms with van der Waals surface area (Å²) in [6, 6.07) is 12.3. The Hall–Kier alpha value is -2.35. The number of phenols is 1. The Morgan fingerprint density at radius 2 is 1.76 bits per heavy atom. The fourth-order valence-electron chi connectivity index (χ4n) is 1.75. The van der Waals surface area contributed by atoms with Gasteiger partial charge in [-0.3, -0.25) is 21.6 Å². The molecule has 2 aromatic rings. The minimum Gasteiger partial charge on any atom is -0.506 e. The molecule has 8 heteroatoms. The van der Waals surface area contributed by atoms with Crippen LogP contribution in [0.15, 0.2) is 48.5 Å². The van der Waals surface area contributed by atoms with Crippen LogP contribution in [0.25, 0.3) is 0 Å². The van der Waals surface area contributed by atoms with Gasteiger partial charge in [-0.2, -0.15) is 0 Å². The molecule has 0 aliphatic carbocycles. The van der Waals surface area contributed by atoms with E-state index in [1.54, 1.807) is 24.3 Å². The number of nitrogens with zero attached hydrogens (tertiary/aromatic N) is 1. The van der Waals surface area contributed by atoms with Gasteiger partial charge in [0.15, 0.2) is 5.79 Å². The van der Waals surface area contributed by atoms with Crippen molar-refractivity contribution in [3.63, 3.8) is 0 Å². The van der Waals surface area contributed by atoms with Crippen molar-refractivity contribution in [3.05, 3.63) is 64.2 Å². The number of nitro groups is 1. The van der Waals surface area contributed by atoms with Crippen LogP contribution in [0.2, 0.25) is 0 Å². The average molecular weight is 311 g/mol. The molecule has 0 atom stereocenters. The second kappa shape index (κ2) is 6.40. The Labute approximate surface area is 127 Å². The van der Waals surface area contributed by atoms with Gasteiger partial charge in [0, 0.05) is 17.7 Å². The van der Waals surface area contributed by atoms with E-state index in [0.29, 0.717) is 5.56 Å². The highest BCUT2D eigenvalue weighted by atomic mass is 35.5. The fraction of sp³-hybridized carbons (Fsp3) is 0.0769. The van der Waals surface area contributed by atoms with Crippen molar-refractivity contribution in [2.45, 2.75) is 5.79 Å². The van der Waals surface area contributed by atoms with Gasteiger partial charge in [-0.15, -0.1) is 12.4 Å². The summed E-state index contributed by atoms with van der Waals surface area (Å²) in [7, 11) is 0. The number of aromatic hydroxyl groups is 1. The molecule has 2 rings (SSSR count). The minimum absolute atomic E-state index is 0. The summed E-state index contributed by atoms with van der Waals surface area (Å²) in [6.45, 7) is 0. The van der Waals surface area contributed by atoms with Crippen LogP contribution < -0.4 is 16.8 Å². The molecule has 0 spiro atoms. The fourth-order valence-corrected chi connectivity index (χ4v) is 1.75. The molecule has 0 saturated carbocycles. The van der Waals surface area contributed by atoms with Gasteiger partial charge in [0.25, 0.3) is 5.69 Å². The molecule has 21 heavy (non-hydrogen) atoms. The van der Waals surface area contributed by atoms with E-state index in [0.717, 1.165) is 0 Å². The van der Waals surface area contributed by atoms with E-state index in [9.17, 15) is 15.2 Å². The van der Waals surface area contributed by atoms with E-state index in [-0.39, 0.29) is 29.5 Å². The highest BCUT2D eigenvalue weighted by molar-refractivity contribution is 5.85. The van der Waals surface area contributed by atoms with Gasteiger partial charge in [0.2, 0.25) is 0 Å². The second-order valence-electron chi connectivity index (χ2n) is 4.32. The zero-order valence-electron chi connectivity index (χ0n) is 10.9. The lowest BCUT2D eigenvalue weighted by Gasteiger charge is -2.27. The van der Waals surface area contributed by atoms with Gasteiger partial charge >= 0.3 is 0 Å². The predicted molar refractivity (Wildman–Crippen MR) is 82.1 cm³/mol. The number of nitro benzene ring substituents is 1. The number of phenolic OH excluding ortho intramolecular Hbond substituents is 1. The Kier molecular flexibility index (Phi) is 5.09. The number of rotatable bonds is 4. The first-order valence-corrected chi connectivity index (χ1v) is 5.79. The molecule has 0 aliphatic rings. The summed E-state index contributed by atoms with van der Waals surface area (Å²) in [6.07, 6.45) is 0. The largest absolute Gasteiger partial charge is 0.506 e. The molecule has 0 heterocycles. The van der Waals surface area contributed by atoms with E-state index >= 15 is 0 Å². The zero-order chi connectivity index (χ0) is 14.8. The summed E-state index contributed by atoms with van der Waals surface area (Å²) in [5.74, 6) is -1.64. The molecule has 6 N–H and O–H groups in total. The van der Waals surface area contributed by atoms with Gasteiger partial charge in [0.05, 0.1) is 10.6 Å². The normalized spacial score (nSPS) is 10.6. The van der Waals surface area contributed by atoms with Crippen molar-refractivity contribution in [2.75, 3.05) is 5.32 Å². The van der Waals surface area contributed by atoms with Crippen LogP contribution in [0.1, 0.15) is 5.56 Å². The Morgan fingerprint density at radius 3 is 2.33 bits per heavy atom. The number of non-ortho nitro benzene ring substituents is 1. The maximum Gasteiger partial charge on any atom is 0.271 e. The third kappa shape index (κ3) is 3.82. The highest BCUT2D eigenvalue weighted by Gasteiger charge is 2.23. The standard InChI is InChI=1S/C13H14N4O3.ClH/c14-13(15,9-4-2-1-3-5-9)16-11-8-10(17(19)20)6-7-12(11)18;/h1-8,16,18H,14-15H2;1H. The summed E-state index contributed by atoms with van der Waals surface area (Å²) in [4.78, 5) is 10.2. The van der Waals surface area contributed by atoms with Crippen LogP contribution in [0.4, 0.5) is 11.4 Å². The number of hydrogen-bond donors (Lipinski definition) is 4. The molecule has 0 aromatic heterocycles. The van der Waals surface area contributed by atoms with Crippen molar-refractivity contribution in [1.29, 1.82) is 0 Å². The number of halogens is 1. The lowest BCUT2D eigenvalue weighted by atomic mass is 10.1. The van der Waals surface area contributed by atoms with Crippen LogP contribution in [0.5, 0.6) is 5.75 Å². The first-order valence-electron chi connectivity index (χ1n) is 5.79. The quantitative estimate of drug-likeness (QED) is 0.295. The van der Waals surface area contributed by atoms with Gasteiger partial charge in [-0.05, 0) is 6.07 Å². The van der Waals surface area contributed by atoms with Crippen molar-refractivity contribution in [3.8, 4) is 5.75 Å². The smallest absolute Gasteiger partial charge is 0.271 e. The number of hydrogen-bond acceptors (Lipinski definition) is 6. The lowest BCUT2D eigenvalue weighted by molar-refractivity contribution is -0.384. The van der Waals surface area contributed by atoms with Crippen LogP contribution in [0, 0.1) is 10.1 Å². The van der Waals surface area contributed by atoms with Crippen LogP contribution in [0.3, 0.4) is 0 Å². The molecule has 0 amide bonds. The first-order chi connectivity index (χ1) is 9.40. The molecule has 0 radical (unpaired) electrons. The highest BCUT2D eigenvalue weighted by Crippen LogP contribution is 2.30. The van der Waals surface area contributed by atoms with E-state index < -0.39 is 10.7 Å². The number of anilines is 1. The number of nitrogens with two attached hydrogens (primary N) is 2. The summed E-state index contributed by atoms with van der Waals surface area (Å²) in [5.41, 5.74) is 12.4. The van der Waals surface area contributed by atoms with Gasteiger partial charge in [-0.1, -0.05) is 30.3 Å². The maximum atomic E-state index is 10.7. The molecule has 0 unspecified atom stereocenters. The van der Waals surface area contributed by atoms with E-state index in [4.69, 9.17) is 11.5 Å². The molecule has 0 fully saturated rings.